The summed E-state index contributed by atoms with van der Waals surface area (Å²) in [4.78, 5) is 24.4. The first kappa shape index (κ1) is 19.4. The number of aryl methyl sites for hydroxylation is 1. The Morgan fingerprint density at radius 1 is 1.11 bits per heavy atom. The summed E-state index contributed by atoms with van der Waals surface area (Å²) in [6.45, 7) is 3.52. The number of hydrogen-bond acceptors (Lipinski definition) is 5. The summed E-state index contributed by atoms with van der Waals surface area (Å²) in [5, 5.41) is 6.50. The Bertz CT molecular complexity index is 933. The summed E-state index contributed by atoms with van der Waals surface area (Å²) in [6, 6.07) is 18.8. The van der Waals surface area contributed by atoms with E-state index in [1.54, 1.807) is 6.07 Å². The number of ether oxygens (including phenoxy) is 1. The first-order valence-electron chi connectivity index (χ1n) is 9.12. The van der Waals surface area contributed by atoms with E-state index in [0.29, 0.717) is 12.1 Å². The van der Waals surface area contributed by atoms with E-state index in [-0.39, 0.29) is 12.5 Å². The van der Waals surface area contributed by atoms with E-state index in [0.717, 1.165) is 16.7 Å². The van der Waals surface area contributed by atoms with Crippen LogP contribution in [0.15, 0.2) is 65.2 Å². The first-order valence-corrected chi connectivity index (χ1v) is 9.12. The number of rotatable bonds is 7. The largest absolute Gasteiger partial charge is 0.455 e. The zero-order chi connectivity index (χ0) is 19.9. The molecule has 6 nitrogen and oxygen atoms in total. The van der Waals surface area contributed by atoms with E-state index >= 15 is 0 Å². The summed E-state index contributed by atoms with van der Waals surface area (Å²) < 4.78 is 10.3. The van der Waals surface area contributed by atoms with Gasteiger partial charge in [0, 0.05) is 11.6 Å². The van der Waals surface area contributed by atoms with Crippen LogP contribution >= 0.6 is 0 Å². The molecule has 1 heterocycles. The molecule has 1 amide bonds. The Balaban J connectivity index is 1.54. The number of amides is 1. The lowest BCUT2D eigenvalue weighted by Crippen LogP contribution is -2.23. The lowest BCUT2D eigenvalue weighted by molar-refractivity contribution is -0.149. The normalized spacial score (nSPS) is 11.6. The molecule has 0 aliphatic rings. The van der Waals surface area contributed by atoms with Gasteiger partial charge >= 0.3 is 5.97 Å². The van der Waals surface area contributed by atoms with Gasteiger partial charge in [-0.2, -0.15) is 0 Å². The van der Waals surface area contributed by atoms with E-state index in [9.17, 15) is 9.59 Å². The molecule has 6 heteroatoms. The maximum Gasteiger partial charge on any atom is 0.313 e. The van der Waals surface area contributed by atoms with Crippen LogP contribution in [0.1, 0.15) is 30.4 Å². The van der Waals surface area contributed by atoms with Crippen LogP contribution in [-0.4, -0.2) is 23.6 Å². The molecular formula is C22H22N2O4. The maximum atomic E-state index is 12.3. The second-order valence-electron chi connectivity index (χ2n) is 6.47. The fraction of sp³-hybridized carbons (Fsp3) is 0.227. The Morgan fingerprint density at radius 2 is 1.82 bits per heavy atom. The first-order chi connectivity index (χ1) is 13.6. The average Bonchev–Trinajstić information content (AvgIpc) is 3.17. The van der Waals surface area contributed by atoms with Crippen molar-refractivity contribution in [2.45, 2.75) is 26.2 Å². The Kier molecular flexibility index (Phi) is 6.22. The minimum Gasteiger partial charge on any atom is -0.455 e. The molecule has 1 N–H and O–H groups in total. The van der Waals surface area contributed by atoms with Gasteiger partial charge in [0.15, 0.2) is 6.61 Å². The van der Waals surface area contributed by atoms with Crippen LogP contribution in [0.5, 0.6) is 0 Å². The van der Waals surface area contributed by atoms with Gasteiger partial charge in [0.05, 0.1) is 5.92 Å². The van der Waals surface area contributed by atoms with Crippen molar-refractivity contribution >= 4 is 17.8 Å². The minimum atomic E-state index is -0.483. The van der Waals surface area contributed by atoms with Crippen LogP contribution in [-0.2, 0) is 14.3 Å². The quantitative estimate of drug-likeness (QED) is 0.619. The Morgan fingerprint density at radius 3 is 2.50 bits per heavy atom. The van der Waals surface area contributed by atoms with Crippen LogP contribution in [0.25, 0.3) is 11.3 Å². The van der Waals surface area contributed by atoms with Gasteiger partial charge < -0.3 is 9.26 Å². The number of carbonyl (C=O) groups is 2. The molecule has 0 fully saturated rings. The van der Waals surface area contributed by atoms with E-state index in [1.165, 1.54) is 0 Å². The number of benzene rings is 2. The summed E-state index contributed by atoms with van der Waals surface area (Å²) in [7, 11) is 0. The summed E-state index contributed by atoms with van der Waals surface area (Å²) >= 11 is 0. The lowest BCUT2D eigenvalue weighted by atomic mass is 9.97. The van der Waals surface area contributed by atoms with Gasteiger partial charge in [0.2, 0.25) is 5.88 Å². The van der Waals surface area contributed by atoms with Crippen molar-refractivity contribution in [3.05, 3.63) is 71.8 Å². The molecule has 0 saturated heterocycles. The predicted octanol–water partition coefficient (Wildman–Crippen LogP) is 4.33. The topological polar surface area (TPSA) is 81.4 Å². The second kappa shape index (κ2) is 8.99. The Hall–Kier alpha value is -3.41. The van der Waals surface area contributed by atoms with Crippen molar-refractivity contribution in [1.29, 1.82) is 0 Å². The Labute approximate surface area is 163 Å². The highest BCUT2D eigenvalue weighted by atomic mass is 16.5. The molecule has 144 valence electrons. The molecule has 3 aromatic rings. The lowest BCUT2D eigenvalue weighted by Gasteiger charge is -2.14. The number of carbonyl (C=O) groups excluding carboxylic acids is 2. The summed E-state index contributed by atoms with van der Waals surface area (Å²) in [5.74, 6) is -1.11. The molecule has 0 saturated carbocycles. The SMILES string of the molecule is CC[C@H](C(=O)OCC(=O)Nc1cc(-c2ccc(C)cc2)no1)c1ccccc1. The van der Waals surface area contributed by atoms with Gasteiger partial charge in [0.1, 0.15) is 5.69 Å². The maximum absolute atomic E-state index is 12.3. The third-order valence-corrected chi connectivity index (χ3v) is 4.36. The fourth-order valence-corrected chi connectivity index (χ4v) is 2.83. The smallest absolute Gasteiger partial charge is 0.313 e. The number of esters is 1. The molecule has 0 spiro atoms. The molecule has 0 aliphatic heterocycles. The zero-order valence-electron chi connectivity index (χ0n) is 15.8. The van der Waals surface area contributed by atoms with Crippen molar-refractivity contribution in [2.24, 2.45) is 0 Å². The van der Waals surface area contributed by atoms with Crippen molar-refractivity contribution < 1.29 is 18.8 Å². The molecule has 1 aromatic heterocycles. The number of nitrogens with one attached hydrogen (secondary N) is 1. The number of hydrogen-bond donors (Lipinski definition) is 1. The van der Waals surface area contributed by atoms with Gasteiger partial charge in [-0.15, -0.1) is 0 Å². The van der Waals surface area contributed by atoms with E-state index in [2.05, 4.69) is 10.5 Å². The number of aromatic nitrogens is 1. The molecule has 0 bridgehead atoms. The monoisotopic (exact) mass is 378 g/mol. The van der Waals surface area contributed by atoms with E-state index in [1.807, 2.05) is 68.4 Å². The van der Waals surface area contributed by atoms with Gasteiger partial charge in [-0.25, -0.2) is 0 Å². The molecular weight excluding hydrogens is 356 g/mol. The number of nitrogens with zero attached hydrogens (tertiary/aromatic N) is 1. The molecule has 0 aliphatic carbocycles. The van der Waals surface area contributed by atoms with Crippen LogP contribution in [0.2, 0.25) is 0 Å². The van der Waals surface area contributed by atoms with Crippen LogP contribution < -0.4 is 5.32 Å². The third-order valence-electron chi connectivity index (χ3n) is 4.36. The van der Waals surface area contributed by atoms with Crippen LogP contribution in [0.4, 0.5) is 5.88 Å². The second-order valence-corrected chi connectivity index (χ2v) is 6.47. The summed E-state index contributed by atoms with van der Waals surface area (Å²) in [5.41, 5.74) is 3.51. The number of anilines is 1. The van der Waals surface area contributed by atoms with Crippen molar-refractivity contribution in [2.75, 3.05) is 11.9 Å². The fourth-order valence-electron chi connectivity index (χ4n) is 2.83. The summed E-state index contributed by atoms with van der Waals surface area (Å²) in [6.07, 6.45) is 0.590. The molecule has 1 atom stereocenters. The third kappa shape index (κ3) is 4.85. The van der Waals surface area contributed by atoms with E-state index < -0.39 is 17.8 Å². The van der Waals surface area contributed by atoms with Gasteiger partial charge in [-0.05, 0) is 18.9 Å². The van der Waals surface area contributed by atoms with Crippen molar-refractivity contribution in [1.82, 2.24) is 5.16 Å². The molecule has 0 unspecified atom stereocenters. The molecule has 3 rings (SSSR count). The predicted molar refractivity (Wildman–Crippen MR) is 106 cm³/mol. The van der Waals surface area contributed by atoms with Gasteiger partial charge in [0.25, 0.3) is 5.91 Å². The van der Waals surface area contributed by atoms with Crippen LogP contribution in [0.3, 0.4) is 0 Å². The molecule has 2 aromatic carbocycles. The minimum absolute atomic E-state index is 0.201. The average molecular weight is 378 g/mol. The standard InChI is InChI=1S/C22H22N2O4/c1-3-18(16-7-5-4-6-8-16)22(26)27-14-20(25)23-21-13-19(24-28-21)17-11-9-15(2)10-12-17/h4-13,18H,3,14H2,1-2H3,(H,23,25)/t18-/m0/s1. The zero-order valence-corrected chi connectivity index (χ0v) is 15.8. The van der Waals surface area contributed by atoms with Crippen LogP contribution in [0, 0.1) is 6.92 Å². The highest BCUT2D eigenvalue weighted by Gasteiger charge is 2.21. The van der Waals surface area contributed by atoms with Crippen molar-refractivity contribution in [3.8, 4) is 11.3 Å². The van der Waals surface area contributed by atoms with Gasteiger partial charge in [-0.1, -0.05) is 72.2 Å². The van der Waals surface area contributed by atoms with E-state index in [4.69, 9.17) is 9.26 Å². The van der Waals surface area contributed by atoms with Gasteiger partial charge in [-0.3, -0.25) is 14.9 Å². The molecule has 28 heavy (non-hydrogen) atoms. The highest BCUT2D eigenvalue weighted by molar-refractivity contribution is 5.92. The molecule has 0 radical (unpaired) electrons. The highest BCUT2D eigenvalue weighted by Crippen LogP contribution is 2.23. The van der Waals surface area contributed by atoms with Crippen molar-refractivity contribution in [3.63, 3.8) is 0 Å².